The highest BCUT2D eigenvalue weighted by molar-refractivity contribution is 5.98. The molecule has 0 aliphatic heterocycles. The number of amides is 1. The number of hydrogen-bond donors (Lipinski definition) is 2. The molecule has 1 aromatic heterocycles. The normalized spacial score (nSPS) is 16.4. The zero-order valence-corrected chi connectivity index (χ0v) is 10.7. The summed E-state index contributed by atoms with van der Waals surface area (Å²) in [4.78, 5) is 15.8. The molecule has 1 heterocycles. The Morgan fingerprint density at radius 2 is 2.17 bits per heavy atom. The van der Waals surface area contributed by atoms with E-state index in [0.29, 0.717) is 11.4 Å². The van der Waals surface area contributed by atoms with E-state index in [1.54, 1.807) is 18.3 Å². The smallest absolute Gasteiger partial charge is 0.255 e. The predicted molar refractivity (Wildman–Crippen MR) is 72.2 cm³/mol. The summed E-state index contributed by atoms with van der Waals surface area (Å²) in [6.45, 7) is 0.734. The maximum absolute atomic E-state index is 11.9. The number of rotatable bonds is 4. The standard InChI is InChI=1S/C14H21N3O/c15-13-12(7-4-9-16-13)14(18)17-10-8-11-5-2-1-3-6-11/h4,7,9,11H,1-3,5-6,8,10H2,(H2,15,16)(H,17,18). The third kappa shape index (κ3) is 3.45. The first-order valence-corrected chi connectivity index (χ1v) is 6.76. The van der Waals surface area contributed by atoms with Gasteiger partial charge in [0.2, 0.25) is 0 Å². The fourth-order valence-electron chi connectivity index (χ4n) is 2.57. The molecular formula is C14H21N3O. The van der Waals surface area contributed by atoms with Crippen LogP contribution in [0.25, 0.3) is 0 Å². The molecule has 0 spiro atoms. The van der Waals surface area contributed by atoms with Crippen LogP contribution in [0.3, 0.4) is 0 Å². The predicted octanol–water partition coefficient (Wildman–Crippen LogP) is 2.36. The Morgan fingerprint density at radius 3 is 2.89 bits per heavy atom. The van der Waals surface area contributed by atoms with Gasteiger partial charge in [0.05, 0.1) is 5.56 Å². The summed E-state index contributed by atoms with van der Waals surface area (Å²) in [7, 11) is 0. The van der Waals surface area contributed by atoms with Crippen molar-refractivity contribution in [2.24, 2.45) is 5.92 Å². The van der Waals surface area contributed by atoms with Crippen LogP contribution in [-0.2, 0) is 0 Å². The average molecular weight is 247 g/mol. The SMILES string of the molecule is Nc1ncccc1C(=O)NCCC1CCCCC1. The van der Waals surface area contributed by atoms with Crippen molar-refractivity contribution >= 4 is 11.7 Å². The molecule has 1 aliphatic carbocycles. The molecule has 1 saturated carbocycles. The molecule has 1 amide bonds. The Hall–Kier alpha value is -1.58. The van der Waals surface area contributed by atoms with E-state index in [1.165, 1.54) is 32.1 Å². The van der Waals surface area contributed by atoms with E-state index in [0.717, 1.165) is 18.9 Å². The van der Waals surface area contributed by atoms with E-state index in [2.05, 4.69) is 10.3 Å². The number of carbonyl (C=O) groups excluding carboxylic acids is 1. The molecule has 0 atom stereocenters. The number of nitrogens with one attached hydrogen (secondary N) is 1. The largest absolute Gasteiger partial charge is 0.383 e. The fraction of sp³-hybridized carbons (Fsp3) is 0.571. The van der Waals surface area contributed by atoms with E-state index >= 15 is 0 Å². The third-order valence-corrected chi connectivity index (χ3v) is 3.65. The molecule has 3 N–H and O–H groups in total. The minimum atomic E-state index is -0.114. The summed E-state index contributed by atoms with van der Waals surface area (Å²) in [5, 5.41) is 2.93. The van der Waals surface area contributed by atoms with E-state index in [-0.39, 0.29) is 5.91 Å². The van der Waals surface area contributed by atoms with Crippen molar-refractivity contribution in [2.75, 3.05) is 12.3 Å². The van der Waals surface area contributed by atoms with Gasteiger partial charge in [-0.1, -0.05) is 32.1 Å². The first-order chi connectivity index (χ1) is 8.77. The zero-order valence-electron chi connectivity index (χ0n) is 10.7. The molecule has 0 unspecified atom stereocenters. The van der Waals surface area contributed by atoms with Crippen LogP contribution in [0.15, 0.2) is 18.3 Å². The number of pyridine rings is 1. The maximum atomic E-state index is 11.9. The van der Waals surface area contributed by atoms with Crippen molar-refractivity contribution in [3.8, 4) is 0 Å². The quantitative estimate of drug-likeness (QED) is 0.858. The number of nitrogen functional groups attached to an aromatic ring is 1. The molecule has 4 heteroatoms. The number of hydrogen-bond acceptors (Lipinski definition) is 3. The van der Waals surface area contributed by atoms with Crippen LogP contribution in [0.5, 0.6) is 0 Å². The molecule has 0 bridgehead atoms. The lowest BCUT2D eigenvalue weighted by molar-refractivity contribution is 0.0951. The minimum absolute atomic E-state index is 0.114. The highest BCUT2D eigenvalue weighted by atomic mass is 16.1. The third-order valence-electron chi connectivity index (χ3n) is 3.65. The van der Waals surface area contributed by atoms with Gasteiger partial charge in [0.1, 0.15) is 5.82 Å². The highest BCUT2D eigenvalue weighted by Crippen LogP contribution is 2.25. The lowest BCUT2D eigenvalue weighted by atomic mass is 9.87. The number of anilines is 1. The number of aromatic nitrogens is 1. The van der Waals surface area contributed by atoms with Gasteiger partial charge in [-0.2, -0.15) is 0 Å². The number of nitrogens with two attached hydrogens (primary N) is 1. The van der Waals surface area contributed by atoms with Crippen molar-refractivity contribution in [3.63, 3.8) is 0 Å². The average Bonchev–Trinajstić information content (AvgIpc) is 2.40. The van der Waals surface area contributed by atoms with Crippen molar-refractivity contribution < 1.29 is 4.79 Å². The number of carbonyl (C=O) groups is 1. The molecule has 4 nitrogen and oxygen atoms in total. The van der Waals surface area contributed by atoms with Gasteiger partial charge in [-0.3, -0.25) is 4.79 Å². The summed E-state index contributed by atoms with van der Waals surface area (Å²) >= 11 is 0. The van der Waals surface area contributed by atoms with Crippen molar-refractivity contribution in [2.45, 2.75) is 38.5 Å². The second-order valence-electron chi connectivity index (χ2n) is 4.98. The molecule has 1 fully saturated rings. The molecule has 18 heavy (non-hydrogen) atoms. The number of nitrogens with zero attached hydrogens (tertiary/aromatic N) is 1. The van der Waals surface area contributed by atoms with Crippen LogP contribution >= 0.6 is 0 Å². The van der Waals surface area contributed by atoms with Gasteiger partial charge < -0.3 is 11.1 Å². The van der Waals surface area contributed by atoms with Crippen LogP contribution in [0.4, 0.5) is 5.82 Å². The van der Waals surface area contributed by atoms with Crippen LogP contribution < -0.4 is 11.1 Å². The van der Waals surface area contributed by atoms with Crippen molar-refractivity contribution in [1.82, 2.24) is 10.3 Å². The van der Waals surface area contributed by atoms with Crippen LogP contribution in [0, 0.1) is 5.92 Å². The van der Waals surface area contributed by atoms with E-state index < -0.39 is 0 Å². The summed E-state index contributed by atoms with van der Waals surface area (Å²) in [6, 6.07) is 3.44. The molecule has 1 aliphatic rings. The van der Waals surface area contributed by atoms with Gasteiger partial charge in [-0.05, 0) is 24.5 Å². The molecule has 0 radical (unpaired) electrons. The maximum Gasteiger partial charge on any atom is 0.255 e. The van der Waals surface area contributed by atoms with Gasteiger partial charge in [0.25, 0.3) is 5.91 Å². The van der Waals surface area contributed by atoms with E-state index in [4.69, 9.17) is 5.73 Å². The Morgan fingerprint density at radius 1 is 1.39 bits per heavy atom. The van der Waals surface area contributed by atoms with Gasteiger partial charge in [0.15, 0.2) is 0 Å². The molecular weight excluding hydrogens is 226 g/mol. The second-order valence-corrected chi connectivity index (χ2v) is 4.98. The van der Waals surface area contributed by atoms with Gasteiger partial charge >= 0.3 is 0 Å². The first kappa shape index (κ1) is 12.9. The van der Waals surface area contributed by atoms with Gasteiger partial charge in [-0.15, -0.1) is 0 Å². The first-order valence-electron chi connectivity index (χ1n) is 6.76. The van der Waals surface area contributed by atoms with Crippen LogP contribution in [0.2, 0.25) is 0 Å². The molecule has 98 valence electrons. The summed E-state index contributed by atoms with van der Waals surface area (Å²) in [5.74, 6) is 0.967. The van der Waals surface area contributed by atoms with Gasteiger partial charge in [0, 0.05) is 12.7 Å². The molecule has 1 aromatic rings. The molecule has 0 saturated heterocycles. The fourth-order valence-corrected chi connectivity index (χ4v) is 2.57. The summed E-state index contributed by atoms with van der Waals surface area (Å²) in [5.41, 5.74) is 6.14. The Bertz CT molecular complexity index is 400. The lowest BCUT2D eigenvalue weighted by Gasteiger charge is -2.21. The molecule has 2 rings (SSSR count). The second kappa shape index (κ2) is 6.38. The van der Waals surface area contributed by atoms with Crippen molar-refractivity contribution in [3.05, 3.63) is 23.9 Å². The van der Waals surface area contributed by atoms with E-state index in [9.17, 15) is 4.79 Å². The Labute approximate surface area is 108 Å². The van der Waals surface area contributed by atoms with E-state index in [1.807, 2.05) is 0 Å². The zero-order chi connectivity index (χ0) is 12.8. The Kier molecular flexibility index (Phi) is 4.56. The highest BCUT2D eigenvalue weighted by Gasteiger charge is 2.14. The van der Waals surface area contributed by atoms with Crippen molar-refractivity contribution in [1.29, 1.82) is 0 Å². The lowest BCUT2D eigenvalue weighted by Crippen LogP contribution is -2.27. The van der Waals surface area contributed by atoms with Crippen LogP contribution in [-0.4, -0.2) is 17.4 Å². The monoisotopic (exact) mass is 247 g/mol. The topological polar surface area (TPSA) is 68.0 Å². The summed E-state index contributed by atoms with van der Waals surface area (Å²) in [6.07, 6.45) is 9.34. The Balaban J connectivity index is 1.76. The molecule has 0 aromatic carbocycles. The summed E-state index contributed by atoms with van der Waals surface area (Å²) < 4.78 is 0. The van der Waals surface area contributed by atoms with Gasteiger partial charge in [-0.25, -0.2) is 4.98 Å². The van der Waals surface area contributed by atoms with Crippen LogP contribution in [0.1, 0.15) is 48.9 Å². The minimum Gasteiger partial charge on any atom is -0.383 e.